The minimum atomic E-state index is -0.653. The van der Waals surface area contributed by atoms with Crippen LogP contribution in [0.4, 0.5) is 5.69 Å². The van der Waals surface area contributed by atoms with Gasteiger partial charge in [0.05, 0.1) is 25.4 Å². The van der Waals surface area contributed by atoms with E-state index in [2.05, 4.69) is 27.8 Å². The van der Waals surface area contributed by atoms with Gasteiger partial charge in [0.2, 0.25) is 23.6 Å². The van der Waals surface area contributed by atoms with E-state index in [9.17, 15) is 19.2 Å². The van der Waals surface area contributed by atoms with Gasteiger partial charge in [0.25, 0.3) is 0 Å². The number of amides is 4. The number of para-hydroxylation sites is 1. The van der Waals surface area contributed by atoms with Crippen molar-refractivity contribution in [3.05, 3.63) is 65.2 Å². The van der Waals surface area contributed by atoms with Crippen LogP contribution in [0.15, 0.2) is 48.5 Å². The van der Waals surface area contributed by atoms with Crippen molar-refractivity contribution >= 4 is 29.3 Å². The summed E-state index contributed by atoms with van der Waals surface area (Å²) in [4.78, 5) is 51.6. The molecule has 0 fully saturated rings. The molecule has 0 spiro atoms. The van der Waals surface area contributed by atoms with Gasteiger partial charge in [0, 0.05) is 61.5 Å². The Morgan fingerprint density at radius 1 is 0.844 bits per heavy atom. The van der Waals surface area contributed by atoms with Crippen molar-refractivity contribution < 1.29 is 28.7 Å². The van der Waals surface area contributed by atoms with E-state index in [1.807, 2.05) is 76.2 Å². The van der Waals surface area contributed by atoms with E-state index in [4.69, 9.17) is 9.47 Å². The molecule has 1 aliphatic heterocycles. The molecule has 45 heavy (non-hydrogen) atoms. The topological polar surface area (TPSA) is 126 Å². The van der Waals surface area contributed by atoms with Gasteiger partial charge in [-0.1, -0.05) is 69.9 Å². The average molecular weight is 619 g/mol. The Kier molecular flexibility index (Phi) is 13.1. The van der Waals surface area contributed by atoms with Crippen LogP contribution in [0.1, 0.15) is 63.6 Å². The summed E-state index contributed by atoms with van der Waals surface area (Å²) in [6.45, 7) is 9.69. The van der Waals surface area contributed by atoms with Gasteiger partial charge in [-0.15, -0.1) is 0 Å². The zero-order valence-electron chi connectivity index (χ0n) is 27.1. The Bertz CT molecular complexity index is 1410. The number of carbonyl (C=O) groups excluding carboxylic acids is 4. The van der Waals surface area contributed by atoms with E-state index in [1.54, 1.807) is 11.9 Å². The third-order valence-electron chi connectivity index (χ3n) is 7.53. The maximum absolute atomic E-state index is 13.3. The molecule has 0 unspecified atom stereocenters. The summed E-state index contributed by atoms with van der Waals surface area (Å²) in [7, 11) is 1.55. The van der Waals surface area contributed by atoms with Crippen LogP contribution in [0.5, 0.6) is 0 Å². The number of nitrogens with one attached hydrogen (secondary N) is 3. The van der Waals surface area contributed by atoms with Gasteiger partial charge in [-0.3, -0.25) is 19.2 Å². The number of benzene rings is 2. The van der Waals surface area contributed by atoms with Crippen LogP contribution < -0.4 is 20.9 Å². The minimum absolute atomic E-state index is 0.0195. The molecule has 242 valence electrons. The molecule has 10 heteroatoms. The number of ether oxygens (including phenoxy) is 2. The standard InChI is InChI=1S/C35H46N4O6/c1-34(2,25-45-23-31(41)36-5)24-38-33(43)35(3,4)18-20-44-21-19-37-30(40)16-17-32(42)39-22-28-12-7-6-10-26(28)14-15-27-11-8-9-13-29(27)39/h6-13H,16-25H2,1-5H3,(H,36,41)(H,37,40)(H,38,43). The van der Waals surface area contributed by atoms with Crippen LogP contribution in [0, 0.1) is 22.7 Å². The first-order valence-corrected chi connectivity index (χ1v) is 15.3. The number of hydrogen-bond donors (Lipinski definition) is 3. The fourth-order valence-electron chi connectivity index (χ4n) is 4.56. The molecule has 0 bridgehead atoms. The molecule has 2 aromatic carbocycles. The summed E-state index contributed by atoms with van der Waals surface area (Å²) in [5.74, 6) is 5.72. The molecule has 1 aliphatic rings. The average Bonchev–Trinajstić information content (AvgIpc) is 3.01. The lowest BCUT2D eigenvalue weighted by molar-refractivity contribution is -0.131. The van der Waals surface area contributed by atoms with E-state index in [0.717, 1.165) is 22.4 Å². The normalized spacial score (nSPS) is 12.4. The highest BCUT2D eigenvalue weighted by Gasteiger charge is 2.29. The molecule has 3 rings (SSSR count). The highest BCUT2D eigenvalue weighted by molar-refractivity contribution is 5.97. The molecule has 0 saturated heterocycles. The number of carbonyl (C=O) groups is 4. The zero-order chi connectivity index (χ0) is 32.9. The summed E-state index contributed by atoms with van der Waals surface area (Å²) in [5, 5.41) is 8.29. The predicted molar refractivity (Wildman–Crippen MR) is 173 cm³/mol. The summed E-state index contributed by atoms with van der Waals surface area (Å²) in [6, 6.07) is 15.3. The Morgan fingerprint density at radius 3 is 2.29 bits per heavy atom. The zero-order valence-corrected chi connectivity index (χ0v) is 27.1. The number of likely N-dealkylation sites (N-methyl/N-ethyl adjacent to an activating group) is 1. The van der Waals surface area contributed by atoms with E-state index >= 15 is 0 Å². The number of anilines is 1. The van der Waals surface area contributed by atoms with E-state index in [0.29, 0.717) is 45.9 Å². The third-order valence-corrected chi connectivity index (χ3v) is 7.53. The fraction of sp³-hybridized carbons (Fsp3) is 0.486. The lowest BCUT2D eigenvalue weighted by Gasteiger charge is -2.29. The Balaban J connectivity index is 1.35. The fourth-order valence-corrected chi connectivity index (χ4v) is 4.56. The highest BCUT2D eigenvalue weighted by Crippen LogP contribution is 2.26. The van der Waals surface area contributed by atoms with Gasteiger partial charge >= 0.3 is 0 Å². The maximum atomic E-state index is 13.3. The number of fused-ring (bicyclic) bond motifs is 2. The summed E-state index contributed by atoms with van der Waals surface area (Å²) < 4.78 is 11.1. The van der Waals surface area contributed by atoms with Crippen LogP contribution in [-0.2, 0) is 35.2 Å². The van der Waals surface area contributed by atoms with Crippen molar-refractivity contribution in [3.8, 4) is 11.8 Å². The molecular weight excluding hydrogens is 572 g/mol. The van der Waals surface area contributed by atoms with Gasteiger partial charge in [-0.2, -0.15) is 0 Å². The van der Waals surface area contributed by atoms with E-state index in [-0.39, 0.29) is 48.5 Å². The Labute approximate surface area is 266 Å². The molecule has 0 aromatic heterocycles. The van der Waals surface area contributed by atoms with Crippen molar-refractivity contribution in [3.63, 3.8) is 0 Å². The van der Waals surface area contributed by atoms with Crippen molar-refractivity contribution in [1.82, 2.24) is 16.0 Å². The molecule has 2 aromatic rings. The lowest BCUT2D eigenvalue weighted by Crippen LogP contribution is -2.43. The van der Waals surface area contributed by atoms with Gasteiger partial charge in [0.15, 0.2) is 0 Å². The molecule has 0 aliphatic carbocycles. The second-order valence-electron chi connectivity index (χ2n) is 12.5. The highest BCUT2D eigenvalue weighted by atomic mass is 16.5. The van der Waals surface area contributed by atoms with Crippen LogP contribution in [0.2, 0.25) is 0 Å². The number of rotatable bonds is 16. The van der Waals surface area contributed by atoms with Crippen LogP contribution in [-0.4, -0.2) is 70.2 Å². The summed E-state index contributed by atoms with van der Waals surface area (Å²) in [5.41, 5.74) is 2.37. The smallest absolute Gasteiger partial charge is 0.245 e. The molecule has 0 saturated carbocycles. The molecule has 0 radical (unpaired) electrons. The number of nitrogens with zero attached hydrogens (tertiary/aromatic N) is 1. The molecule has 0 atom stereocenters. The minimum Gasteiger partial charge on any atom is -0.380 e. The summed E-state index contributed by atoms with van der Waals surface area (Å²) in [6.07, 6.45) is 0.627. The lowest BCUT2D eigenvalue weighted by atomic mass is 9.87. The van der Waals surface area contributed by atoms with Gasteiger partial charge in [0.1, 0.15) is 6.61 Å². The van der Waals surface area contributed by atoms with E-state index in [1.165, 1.54) is 0 Å². The first-order chi connectivity index (χ1) is 21.4. The summed E-state index contributed by atoms with van der Waals surface area (Å²) >= 11 is 0. The third kappa shape index (κ3) is 11.3. The van der Waals surface area contributed by atoms with Gasteiger partial charge in [-0.25, -0.2) is 0 Å². The second-order valence-corrected chi connectivity index (χ2v) is 12.5. The Hall–Kier alpha value is -4.20. The van der Waals surface area contributed by atoms with Crippen molar-refractivity contribution in [1.29, 1.82) is 0 Å². The van der Waals surface area contributed by atoms with Crippen molar-refractivity contribution in [2.45, 2.75) is 53.5 Å². The van der Waals surface area contributed by atoms with Crippen molar-refractivity contribution in [2.24, 2.45) is 10.8 Å². The molecule has 10 nitrogen and oxygen atoms in total. The van der Waals surface area contributed by atoms with Crippen molar-refractivity contribution in [2.75, 3.05) is 51.5 Å². The van der Waals surface area contributed by atoms with E-state index < -0.39 is 5.41 Å². The van der Waals surface area contributed by atoms with Crippen LogP contribution in [0.3, 0.4) is 0 Å². The maximum Gasteiger partial charge on any atom is 0.245 e. The largest absolute Gasteiger partial charge is 0.380 e. The molecule has 1 heterocycles. The number of hydrogen-bond acceptors (Lipinski definition) is 6. The monoisotopic (exact) mass is 618 g/mol. The van der Waals surface area contributed by atoms with Gasteiger partial charge < -0.3 is 30.3 Å². The SMILES string of the molecule is CNC(=O)COCC(C)(C)CNC(=O)C(C)(C)CCOCCNC(=O)CCC(=O)N1Cc2ccccc2C#Cc2ccccc21. The van der Waals surface area contributed by atoms with Crippen LogP contribution in [0.25, 0.3) is 0 Å². The second kappa shape index (κ2) is 16.8. The molecule has 3 N–H and O–H groups in total. The first kappa shape index (κ1) is 35.3. The molecular formula is C35H46N4O6. The quantitative estimate of drug-likeness (QED) is 0.196. The Morgan fingerprint density at radius 2 is 1.53 bits per heavy atom. The first-order valence-electron chi connectivity index (χ1n) is 15.3. The van der Waals surface area contributed by atoms with Gasteiger partial charge in [-0.05, 0) is 30.2 Å². The predicted octanol–water partition coefficient (Wildman–Crippen LogP) is 3.17. The molecule has 4 amide bonds. The van der Waals surface area contributed by atoms with Crippen LogP contribution >= 0.6 is 0 Å².